The summed E-state index contributed by atoms with van der Waals surface area (Å²) in [4.78, 5) is 23.0. The lowest BCUT2D eigenvalue weighted by Gasteiger charge is -2.38. The molecule has 0 radical (unpaired) electrons. The number of rotatable bonds is 4. The average Bonchev–Trinajstić information content (AvgIpc) is 2.69. The summed E-state index contributed by atoms with van der Waals surface area (Å²) >= 11 is 0. The van der Waals surface area contributed by atoms with E-state index in [0.29, 0.717) is 18.6 Å². The second-order valence-corrected chi connectivity index (χ2v) is 5.01. The predicted molar refractivity (Wildman–Crippen MR) is 67.7 cm³/mol. The van der Waals surface area contributed by atoms with Crippen LogP contribution >= 0.6 is 0 Å². The molecule has 104 valence electrons. The van der Waals surface area contributed by atoms with Gasteiger partial charge in [0.05, 0.1) is 6.04 Å². The molecule has 1 atom stereocenters. The Morgan fingerprint density at radius 3 is 2.53 bits per heavy atom. The monoisotopic (exact) mass is 266 g/mol. The minimum Gasteiger partial charge on any atom is -0.480 e. The topological polar surface area (TPSA) is 91.6 Å². The Kier molecular flexibility index (Phi) is 3.50. The maximum absolute atomic E-state index is 11.8. The van der Waals surface area contributed by atoms with Gasteiger partial charge in [-0.05, 0) is 45.2 Å². The van der Waals surface area contributed by atoms with Gasteiger partial charge in [-0.2, -0.15) is 0 Å². The van der Waals surface area contributed by atoms with Gasteiger partial charge in [-0.3, -0.25) is 0 Å². The number of hydrogen-bond donors (Lipinski definition) is 3. The van der Waals surface area contributed by atoms with Crippen LogP contribution in [0, 0.1) is 6.92 Å². The molecule has 6 nitrogen and oxygen atoms in total. The number of aryl methyl sites for hydroxylation is 1. The average molecular weight is 266 g/mol. The predicted octanol–water partition coefficient (Wildman–Crippen LogP) is 1.96. The first kappa shape index (κ1) is 13.5. The molecule has 1 saturated carbocycles. The van der Waals surface area contributed by atoms with E-state index >= 15 is 0 Å². The zero-order valence-electron chi connectivity index (χ0n) is 11.0. The first-order chi connectivity index (χ1) is 8.93. The Balaban J connectivity index is 1.92. The van der Waals surface area contributed by atoms with Crippen molar-refractivity contribution in [3.63, 3.8) is 0 Å². The van der Waals surface area contributed by atoms with Gasteiger partial charge in [0, 0.05) is 0 Å². The molecule has 6 heteroatoms. The highest BCUT2D eigenvalue weighted by molar-refractivity contribution is 5.87. The lowest BCUT2D eigenvalue weighted by atomic mass is 9.77. The van der Waals surface area contributed by atoms with E-state index in [2.05, 4.69) is 10.6 Å². The van der Waals surface area contributed by atoms with Crippen molar-refractivity contribution in [3.8, 4) is 0 Å². The first-order valence-electron chi connectivity index (χ1n) is 6.31. The molecular formula is C13H18N2O4. The second kappa shape index (κ2) is 4.95. The zero-order chi connectivity index (χ0) is 14.0. The van der Waals surface area contributed by atoms with Crippen molar-refractivity contribution >= 4 is 12.0 Å². The van der Waals surface area contributed by atoms with E-state index in [1.807, 2.05) is 13.0 Å². The normalized spacial score (nSPS) is 18.2. The smallest absolute Gasteiger partial charge is 0.329 e. The van der Waals surface area contributed by atoms with Crippen LogP contribution in [0.15, 0.2) is 16.5 Å². The van der Waals surface area contributed by atoms with Gasteiger partial charge >= 0.3 is 12.0 Å². The van der Waals surface area contributed by atoms with Crippen molar-refractivity contribution in [1.82, 2.24) is 10.6 Å². The highest BCUT2D eigenvalue weighted by atomic mass is 16.4. The Bertz CT molecular complexity index is 491. The van der Waals surface area contributed by atoms with E-state index in [1.54, 1.807) is 13.0 Å². The summed E-state index contributed by atoms with van der Waals surface area (Å²) in [5.74, 6) is 0.436. The molecule has 0 bridgehead atoms. The van der Waals surface area contributed by atoms with Crippen molar-refractivity contribution in [2.75, 3.05) is 0 Å². The quantitative estimate of drug-likeness (QED) is 0.776. The molecule has 1 heterocycles. The third kappa shape index (κ3) is 2.72. The molecule has 1 aromatic rings. The molecule has 3 N–H and O–H groups in total. The summed E-state index contributed by atoms with van der Waals surface area (Å²) < 4.78 is 5.41. The van der Waals surface area contributed by atoms with Crippen LogP contribution in [0.4, 0.5) is 4.79 Å². The fraction of sp³-hybridized carbons (Fsp3) is 0.538. The van der Waals surface area contributed by atoms with Gasteiger partial charge in [0.25, 0.3) is 0 Å². The molecule has 1 aliphatic rings. The maximum atomic E-state index is 11.8. The largest absolute Gasteiger partial charge is 0.480 e. The maximum Gasteiger partial charge on any atom is 0.329 e. The molecule has 0 spiro atoms. The molecule has 0 saturated heterocycles. The number of amides is 2. The van der Waals surface area contributed by atoms with E-state index in [-0.39, 0.29) is 6.04 Å². The summed E-state index contributed by atoms with van der Waals surface area (Å²) in [7, 11) is 0. The molecule has 1 unspecified atom stereocenters. The minimum atomic E-state index is -1.09. The van der Waals surface area contributed by atoms with Crippen molar-refractivity contribution in [1.29, 1.82) is 0 Å². The molecule has 1 fully saturated rings. The molecule has 2 rings (SSSR count). The third-order valence-electron chi connectivity index (χ3n) is 3.50. The van der Waals surface area contributed by atoms with E-state index in [4.69, 9.17) is 9.52 Å². The lowest BCUT2D eigenvalue weighted by Crippen LogP contribution is -2.61. The van der Waals surface area contributed by atoms with Crippen LogP contribution in [0.25, 0.3) is 0 Å². The summed E-state index contributed by atoms with van der Waals surface area (Å²) in [6.07, 6.45) is 1.77. The van der Waals surface area contributed by atoms with Crippen molar-refractivity contribution in [2.45, 2.75) is 44.7 Å². The first-order valence-corrected chi connectivity index (χ1v) is 6.31. The fourth-order valence-corrected chi connectivity index (χ4v) is 2.13. The van der Waals surface area contributed by atoms with Gasteiger partial charge in [-0.1, -0.05) is 0 Å². The van der Waals surface area contributed by atoms with Gasteiger partial charge in [-0.15, -0.1) is 0 Å². The highest BCUT2D eigenvalue weighted by Gasteiger charge is 2.45. The highest BCUT2D eigenvalue weighted by Crippen LogP contribution is 2.32. The summed E-state index contributed by atoms with van der Waals surface area (Å²) in [5, 5.41) is 14.4. The van der Waals surface area contributed by atoms with E-state index in [0.717, 1.165) is 12.2 Å². The number of hydrogen-bond acceptors (Lipinski definition) is 3. The summed E-state index contributed by atoms with van der Waals surface area (Å²) in [6, 6.07) is 2.82. The molecular weight excluding hydrogens is 248 g/mol. The van der Waals surface area contributed by atoms with Crippen molar-refractivity contribution in [2.24, 2.45) is 0 Å². The van der Waals surface area contributed by atoms with Crippen LogP contribution in [0.5, 0.6) is 0 Å². The van der Waals surface area contributed by atoms with Gasteiger partial charge in [0.1, 0.15) is 17.1 Å². The zero-order valence-corrected chi connectivity index (χ0v) is 11.0. The fourth-order valence-electron chi connectivity index (χ4n) is 2.13. The Hall–Kier alpha value is -1.98. The number of urea groups is 1. The molecule has 1 aromatic heterocycles. The summed E-state index contributed by atoms with van der Waals surface area (Å²) in [6.45, 7) is 3.61. The molecule has 0 aromatic carbocycles. The van der Waals surface area contributed by atoms with Crippen LogP contribution in [0.1, 0.15) is 43.7 Å². The SMILES string of the molecule is Cc1ccc(C(C)NC(=O)NC2(C(=O)O)CCC2)o1. The van der Waals surface area contributed by atoms with Gasteiger partial charge in [-0.25, -0.2) is 9.59 Å². The van der Waals surface area contributed by atoms with E-state index in [9.17, 15) is 9.59 Å². The van der Waals surface area contributed by atoms with Crippen LogP contribution in [-0.2, 0) is 4.79 Å². The van der Waals surface area contributed by atoms with Crippen LogP contribution < -0.4 is 10.6 Å². The number of furan rings is 1. The van der Waals surface area contributed by atoms with Crippen LogP contribution in [0.2, 0.25) is 0 Å². The van der Waals surface area contributed by atoms with Gasteiger partial charge < -0.3 is 20.2 Å². The lowest BCUT2D eigenvalue weighted by molar-refractivity contribution is -0.148. The molecule has 0 aliphatic heterocycles. The number of carboxylic acids is 1. The van der Waals surface area contributed by atoms with Crippen LogP contribution in [0.3, 0.4) is 0 Å². The molecule has 2 amide bonds. The number of carboxylic acid groups (broad SMARTS) is 1. The third-order valence-corrected chi connectivity index (χ3v) is 3.50. The number of nitrogens with one attached hydrogen (secondary N) is 2. The van der Waals surface area contributed by atoms with Crippen LogP contribution in [-0.4, -0.2) is 22.6 Å². The minimum absolute atomic E-state index is 0.306. The molecule has 19 heavy (non-hydrogen) atoms. The van der Waals surface area contributed by atoms with Gasteiger partial charge in [0.2, 0.25) is 0 Å². The van der Waals surface area contributed by atoms with Crippen molar-refractivity contribution in [3.05, 3.63) is 23.7 Å². The van der Waals surface area contributed by atoms with Gasteiger partial charge in [0.15, 0.2) is 0 Å². The number of carbonyl (C=O) groups is 2. The Morgan fingerprint density at radius 2 is 2.11 bits per heavy atom. The Morgan fingerprint density at radius 1 is 1.42 bits per heavy atom. The summed E-state index contributed by atoms with van der Waals surface area (Å²) in [5.41, 5.74) is -1.09. The van der Waals surface area contributed by atoms with Crippen molar-refractivity contribution < 1.29 is 19.1 Å². The van der Waals surface area contributed by atoms with E-state index < -0.39 is 17.5 Å². The number of carbonyl (C=O) groups excluding carboxylic acids is 1. The number of aliphatic carboxylic acids is 1. The standard InChI is InChI=1S/C13H18N2O4/c1-8-4-5-10(19-8)9(2)14-12(18)15-13(11(16)17)6-3-7-13/h4-5,9H,3,6-7H2,1-2H3,(H,16,17)(H2,14,15,18). The Labute approximate surface area is 111 Å². The second-order valence-electron chi connectivity index (χ2n) is 5.01. The molecule has 1 aliphatic carbocycles. The van der Waals surface area contributed by atoms with E-state index in [1.165, 1.54) is 0 Å².